The number of anilines is 3. The minimum atomic E-state index is -3.17. The summed E-state index contributed by atoms with van der Waals surface area (Å²) in [5, 5.41) is 2.79. The Morgan fingerprint density at radius 1 is 1.06 bits per heavy atom. The number of sulfonamides is 1. The number of aryl methyl sites for hydroxylation is 1. The van der Waals surface area contributed by atoms with E-state index in [4.69, 9.17) is 9.97 Å². The predicted molar refractivity (Wildman–Crippen MR) is 139 cm³/mol. The maximum Gasteiger partial charge on any atom is 0.211 e. The first kappa shape index (κ1) is 23.7. The molecule has 0 spiro atoms. The van der Waals surface area contributed by atoms with Gasteiger partial charge in [-0.3, -0.25) is 4.40 Å². The van der Waals surface area contributed by atoms with Crippen LogP contribution in [0.15, 0.2) is 48.0 Å². The molecule has 4 heterocycles. The van der Waals surface area contributed by atoms with E-state index >= 15 is 0 Å². The third kappa shape index (κ3) is 4.63. The first-order valence-electron chi connectivity index (χ1n) is 11.4. The van der Waals surface area contributed by atoms with Crippen molar-refractivity contribution in [2.45, 2.75) is 13.3 Å². The normalized spacial score (nSPS) is 15.1. The van der Waals surface area contributed by atoms with Crippen molar-refractivity contribution in [1.82, 2.24) is 18.7 Å². The number of thiazole rings is 1. The zero-order valence-corrected chi connectivity index (χ0v) is 21.5. The third-order valence-electron chi connectivity index (χ3n) is 6.29. The quantitative estimate of drug-likeness (QED) is 0.387. The lowest BCUT2D eigenvalue weighted by molar-refractivity contribution is 0.388. The van der Waals surface area contributed by atoms with E-state index in [1.54, 1.807) is 12.1 Å². The summed E-state index contributed by atoms with van der Waals surface area (Å²) >= 11 is 1.52. The molecular weight excluding hydrogens is 487 g/mol. The molecule has 1 aliphatic rings. The molecule has 0 saturated carbocycles. The molecule has 35 heavy (non-hydrogen) atoms. The number of halogens is 1. The number of nitrogens with zero attached hydrogens (tertiary/aromatic N) is 6. The van der Waals surface area contributed by atoms with Gasteiger partial charge in [-0.05, 0) is 42.8 Å². The Morgan fingerprint density at radius 2 is 1.77 bits per heavy atom. The van der Waals surface area contributed by atoms with Crippen LogP contribution < -0.4 is 9.80 Å². The van der Waals surface area contributed by atoms with Crippen LogP contribution in [0.5, 0.6) is 0 Å². The first-order valence-corrected chi connectivity index (χ1v) is 14.1. The highest BCUT2D eigenvalue weighted by atomic mass is 32.2. The molecule has 184 valence electrons. The van der Waals surface area contributed by atoms with Gasteiger partial charge >= 0.3 is 0 Å². The van der Waals surface area contributed by atoms with Crippen LogP contribution >= 0.6 is 11.3 Å². The molecule has 0 amide bonds. The highest BCUT2D eigenvalue weighted by molar-refractivity contribution is 7.88. The molecule has 3 aromatic heterocycles. The number of aromatic nitrogens is 3. The summed E-state index contributed by atoms with van der Waals surface area (Å²) in [6.07, 6.45) is 4.09. The second-order valence-corrected chi connectivity index (χ2v) is 11.4. The van der Waals surface area contributed by atoms with E-state index < -0.39 is 10.0 Å². The molecule has 11 heteroatoms. The zero-order chi connectivity index (χ0) is 24.7. The number of benzene rings is 1. The van der Waals surface area contributed by atoms with E-state index in [9.17, 15) is 12.8 Å². The van der Waals surface area contributed by atoms with Crippen LogP contribution in [0.2, 0.25) is 0 Å². The Hall–Kier alpha value is -3.02. The summed E-state index contributed by atoms with van der Waals surface area (Å²) in [4.78, 5) is 13.9. The Bertz CT molecular complexity index is 1460. The molecule has 8 nitrogen and oxygen atoms in total. The lowest BCUT2D eigenvalue weighted by atomic mass is 10.2. The molecule has 0 radical (unpaired) electrons. The van der Waals surface area contributed by atoms with Gasteiger partial charge in [-0.1, -0.05) is 6.92 Å². The van der Waals surface area contributed by atoms with Crippen molar-refractivity contribution in [3.05, 3.63) is 59.5 Å². The molecule has 0 bridgehead atoms. The average Bonchev–Trinajstić information content (AvgIpc) is 3.48. The van der Waals surface area contributed by atoms with Crippen LogP contribution in [0.4, 0.5) is 21.0 Å². The lowest BCUT2D eigenvalue weighted by Gasteiger charge is -2.34. The number of imidazole rings is 1. The molecule has 1 fully saturated rings. The van der Waals surface area contributed by atoms with Crippen LogP contribution in [-0.4, -0.2) is 66.6 Å². The lowest BCUT2D eigenvalue weighted by Crippen LogP contribution is -2.48. The maximum atomic E-state index is 13.3. The number of piperazine rings is 1. The molecular formula is C24H27FN6O2S2. The van der Waals surface area contributed by atoms with Crippen molar-refractivity contribution >= 4 is 43.6 Å². The Morgan fingerprint density at radius 3 is 2.43 bits per heavy atom. The van der Waals surface area contributed by atoms with Crippen LogP contribution in [0.3, 0.4) is 0 Å². The average molecular weight is 515 g/mol. The summed E-state index contributed by atoms with van der Waals surface area (Å²) in [6, 6.07) is 10.4. The first-order chi connectivity index (χ1) is 16.7. The maximum absolute atomic E-state index is 13.3. The van der Waals surface area contributed by atoms with Gasteiger partial charge in [0.2, 0.25) is 10.0 Å². The molecule has 0 N–H and O–H groups in total. The van der Waals surface area contributed by atoms with Crippen LogP contribution in [0.1, 0.15) is 12.6 Å². The van der Waals surface area contributed by atoms with Crippen LogP contribution in [0, 0.1) is 5.82 Å². The van der Waals surface area contributed by atoms with Gasteiger partial charge in [0.05, 0.1) is 23.3 Å². The van der Waals surface area contributed by atoms with Gasteiger partial charge in [-0.15, -0.1) is 11.3 Å². The Labute approximate surface area is 208 Å². The molecule has 5 rings (SSSR count). The van der Waals surface area contributed by atoms with Gasteiger partial charge in [-0.25, -0.2) is 22.8 Å². The minimum absolute atomic E-state index is 0.270. The summed E-state index contributed by atoms with van der Waals surface area (Å²) in [6.45, 7) is 4.29. The van der Waals surface area contributed by atoms with Gasteiger partial charge in [0, 0.05) is 50.4 Å². The highest BCUT2D eigenvalue weighted by Gasteiger charge is 2.25. The molecule has 1 aliphatic heterocycles. The van der Waals surface area contributed by atoms with E-state index in [1.165, 1.54) is 34.0 Å². The second-order valence-electron chi connectivity index (χ2n) is 8.58. The topological polar surface area (TPSA) is 74.1 Å². The van der Waals surface area contributed by atoms with Crippen LogP contribution in [0.25, 0.3) is 16.9 Å². The number of fused-ring (bicyclic) bond motifs is 1. The number of hydrogen-bond donors (Lipinski definition) is 0. The number of pyridine rings is 1. The van der Waals surface area contributed by atoms with E-state index in [0.717, 1.165) is 45.7 Å². The van der Waals surface area contributed by atoms with Gasteiger partial charge < -0.3 is 9.80 Å². The van der Waals surface area contributed by atoms with E-state index in [1.807, 2.05) is 29.5 Å². The molecule has 1 saturated heterocycles. The van der Waals surface area contributed by atoms with Crippen molar-refractivity contribution in [2.24, 2.45) is 0 Å². The van der Waals surface area contributed by atoms with E-state index in [-0.39, 0.29) is 5.82 Å². The third-order valence-corrected chi connectivity index (χ3v) is 8.51. The number of rotatable bonds is 6. The van der Waals surface area contributed by atoms with Gasteiger partial charge in [0.15, 0.2) is 5.13 Å². The van der Waals surface area contributed by atoms with Crippen molar-refractivity contribution in [3.63, 3.8) is 0 Å². The standard InChI is InChI=1S/C24H27FN6O2S2/c1-4-20-23(28(2)24-27-21(16-34-24)17-5-7-18(25)8-6-17)31-15-19(9-10-22(31)26-20)29-11-13-30(14-12-29)35(3,32)33/h5-10,15-16H,4,11-14H2,1-3H3. The Kier molecular flexibility index (Phi) is 6.24. The molecule has 0 aliphatic carbocycles. The summed E-state index contributed by atoms with van der Waals surface area (Å²) in [5.74, 6) is 0.673. The zero-order valence-electron chi connectivity index (χ0n) is 19.8. The summed E-state index contributed by atoms with van der Waals surface area (Å²) < 4.78 is 40.7. The predicted octanol–water partition coefficient (Wildman–Crippen LogP) is 4.01. The molecule has 1 aromatic carbocycles. The van der Waals surface area contributed by atoms with Crippen LogP contribution in [-0.2, 0) is 16.4 Å². The fourth-order valence-corrected chi connectivity index (χ4v) is 6.02. The summed E-state index contributed by atoms with van der Waals surface area (Å²) in [7, 11) is -1.20. The van der Waals surface area contributed by atoms with Crippen molar-refractivity contribution in [3.8, 4) is 11.3 Å². The fourth-order valence-electron chi connectivity index (χ4n) is 4.39. The van der Waals surface area contributed by atoms with Gasteiger partial charge in [0.25, 0.3) is 0 Å². The molecule has 0 atom stereocenters. The molecule has 0 unspecified atom stereocenters. The van der Waals surface area contributed by atoms with Crippen molar-refractivity contribution < 1.29 is 12.8 Å². The highest BCUT2D eigenvalue weighted by Crippen LogP contribution is 2.34. The largest absolute Gasteiger partial charge is 0.368 e. The van der Waals surface area contributed by atoms with Gasteiger partial charge in [0.1, 0.15) is 17.3 Å². The minimum Gasteiger partial charge on any atom is -0.368 e. The van der Waals surface area contributed by atoms with E-state index in [0.29, 0.717) is 26.2 Å². The second kappa shape index (κ2) is 9.21. The SMILES string of the molecule is CCc1nc2ccc(N3CCN(S(C)(=O)=O)CC3)cn2c1N(C)c1nc(-c2ccc(F)cc2)cs1. The fraction of sp³-hybridized carbons (Fsp3) is 0.333. The van der Waals surface area contributed by atoms with E-state index in [2.05, 4.69) is 22.4 Å². The smallest absolute Gasteiger partial charge is 0.211 e. The van der Waals surface area contributed by atoms with Crippen molar-refractivity contribution in [1.29, 1.82) is 0 Å². The molecule has 4 aromatic rings. The Balaban J connectivity index is 1.46. The monoisotopic (exact) mass is 514 g/mol. The van der Waals surface area contributed by atoms with Crippen molar-refractivity contribution in [2.75, 3.05) is 49.3 Å². The summed E-state index contributed by atoms with van der Waals surface area (Å²) in [5.41, 5.74) is 4.49. The van der Waals surface area contributed by atoms with Gasteiger partial charge in [-0.2, -0.15) is 4.31 Å². The number of hydrogen-bond acceptors (Lipinski definition) is 7.